The summed E-state index contributed by atoms with van der Waals surface area (Å²) in [4.78, 5) is 24.9. The molecule has 5 nitrogen and oxygen atoms in total. The fourth-order valence-corrected chi connectivity index (χ4v) is 5.95. The Bertz CT molecular complexity index is 617. The van der Waals surface area contributed by atoms with Crippen molar-refractivity contribution in [1.29, 1.82) is 0 Å². The van der Waals surface area contributed by atoms with E-state index < -0.39 is 0 Å². The molecule has 0 aromatic carbocycles. The van der Waals surface area contributed by atoms with E-state index in [1.165, 1.54) is 19.3 Å². The van der Waals surface area contributed by atoms with Crippen LogP contribution in [-0.4, -0.2) is 18.4 Å². The molecule has 142 valence electrons. The van der Waals surface area contributed by atoms with E-state index in [4.69, 9.17) is 4.42 Å². The van der Waals surface area contributed by atoms with Crippen molar-refractivity contribution >= 4 is 11.8 Å². The predicted octanol–water partition coefficient (Wildman–Crippen LogP) is 3.57. The minimum Gasteiger partial charge on any atom is -0.467 e. The molecule has 1 aromatic rings. The third-order valence-corrected chi connectivity index (χ3v) is 6.73. The molecule has 1 heterocycles. The van der Waals surface area contributed by atoms with Gasteiger partial charge in [-0.1, -0.05) is 0 Å². The Hall–Kier alpha value is -1.78. The molecule has 0 spiro atoms. The lowest BCUT2D eigenvalue weighted by atomic mass is 9.49. The second-order valence-corrected chi connectivity index (χ2v) is 8.86. The Morgan fingerprint density at radius 3 is 2.42 bits per heavy atom. The van der Waals surface area contributed by atoms with Gasteiger partial charge in [0.1, 0.15) is 5.76 Å². The van der Waals surface area contributed by atoms with Gasteiger partial charge < -0.3 is 15.1 Å². The lowest BCUT2D eigenvalue weighted by Crippen LogP contribution is -2.53. The van der Waals surface area contributed by atoms with Gasteiger partial charge in [0.15, 0.2) is 0 Å². The first kappa shape index (κ1) is 17.6. The monoisotopic (exact) mass is 358 g/mol. The maximum atomic E-state index is 12.9. The highest BCUT2D eigenvalue weighted by Crippen LogP contribution is 2.60. The molecule has 4 aliphatic carbocycles. The van der Waals surface area contributed by atoms with Crippen molar-refractivity contribution in [3.05, 3.63) is 24.2 Å². The van der Waals surface area contributed by atoms with Crippen LogP contribution in [0.1, 0.15) is 70.1 Å². The second kappa shape index (κ2) is 7.09. The summed E-state index contributed by atoms with van der Waals surface area (Å²) >= 11 is 0. The highest BCUT2D eigenvalue weighted by atomic mass is 16.3. The largest absolute Gasteiger partial charge is 0.467 e. The Labute approximate surface area is 155 Å². The summed E-state index contributed by atoms with van der Waals surface area (Å²) < 4.78 is 5.30. The van der Waals surface area contributed by atoms with E-state index in [9.17, 15) is 9.59 Å². The first-order valence-electron chi connectivity index (χ1n) is 10.2. The molecule has 4 aliphatic rings. The quantitative estimate of drug-likeness (QED) is 0.732. The molecule has 1 unspecified atom stereocenters. The summed E-state index contributed by atoms with van der Waals surface area (Å²) in [5, 5.41) is 6.07. The standard InChI is InChI=1S/C21H30N2O3/c1-14(18-4-3-7-26-18)23-19(24)5-2-6-22-20(25)21-11-15-8-16(12-21)10-17(9-15)13-21/h3-4,7,14-17H,2,5-6,8-13H2,1H3,(H,22,25)(H,23,24). The van der Waals surface area contributed by atoms with Crippen LogP contribution in [0, 0.1) is 23.2 Å². The van der Waals surface area contributed by atoms with Crippen molar-refractivity contribution < 1.29 is 14.0 Å². The molecule has 4 saturated carbocycles. The number of hydrogen-bond donors (Lipinski definition) is 2. The zero-order chi connectivity index (χ0) is 18.1. The van der Waals surface area contributed by atoms with Gasteiger partial charge >= 0.3 is 0 Å². The van der Waals surface area contributed by atoms with Crippen LogP contribution < -0.4 is 10.6 Å². The molecule has 5 rings (SSSR count). The van der Waals surface area contributed by atoms with Gasteiger partial charge in [-0.25, -0.2) is 0 Å². The number of carbonyl (C=O) groups is 2. The fraction of sp³-hybridized carbons (Fsp3) is 0.714. The summed E-state index contributed by atoms with van der Waals surface area (Å²) in [6.45, 7) is 2.49. The average molecular weight is 358 g/mol. The highest BCUT2D eigenvalue weighted by molar-refractivity contribution is 5.83. The zero-order valence-electron chi connectivity index (χ0n) is 15.6. The topological polar surface area (TPSA) is 71.3 Å². The number of furan rings is 1. The van der Waals surface area contributed by atoms with Crippen LogP contribution in [0.4, 0.5) is 0 Å². The molecule has 4 bridgehead atoms. The number of amides is 2. The van der Waals surface area contributed by atoms with E-state index in [2.05, 4.69) is 10.6 Å². The molecule has 2 amide bonds. The summed E-state index contributed by atoms with van der Waals surface area (Å²) in [6.07, 6.45) is 10.0. The number of rotatable bonds is 7. The summed E-state index contributed by atoms with van der Waals surface area (Å²) in [6, 6.07) is 3.55. The van der Waals surface area contributed by atoms with E-state index in [1.807, 2.05) is 19.1 Å². The minimum atomic E-state index is -0.126. The highest BCUT2D eigenvalue weighted by Gasteiger charge is 2.54. The molecule has 0 radical (unpaired) electrons. The molecule has 1 atom stereocenters. The van der Waals surface area contributed by atoms with Crippen molar-refractivity contribution in [1.82, 2.24) is 10.6 Å². The molecule has 0 aliphatic heterocycles. The summed E-state index contributed by atoms with van der Waals surface area (Å²) in [5.74, 6) is 3.34. The van der Waals surface area contributed by atoms with Gasteiger partial charge in [-0.05, 0) is 81.8 Å². The van der Waals surface area contributed by atoms with E-state index in [0.717, 1.165) is 42.8 Å². The van der Waals surface area contributed by atoms with E-state index in [-0.39, 0.29) is 23.3 Å². The zero-order valence-corrected chi connectivity index (χ0v) is 15.6. The molecule has 26 heavy (non-hydrogen) atoms. The SMILES string of the molecule is CC(NC(=O)CCCNC(=O)C12CC3CC(CC(C3)C1)C2)c1ccco1. The normalized spacial score (nSPS) is 33.0. The first-order valence-corrected chi connectivity index (χ1v) is 10.2. The Kier molecular flexibility index (Phi) is 4.80. The van der Waals surface area contributed by atoms with Crippen molar-refractivity contribution in [2.75, 3.05) is 6.54 Å². The van der Waals surface area contributed by atoms with Gasteiger partial charge in [-0.3, -0.25) is 9.59 Å². The van der Waals surface area contributed by atoms with Crippen molar-refractivity contribution in [2.24, 2.45) is 23.2 Å². The van der Waals surface area contributed by atoms with Crippen LogP contribution in [-0.2, 0) is 9.59 Å². The van der Waals surface area contributed by atoms with Gasteiger partial charge in [0.25, 0.3) is 0 Å². The van der Waals surface area contributed by atoms with E-state index in [0.29, 0.717) is 19.4 Å². The smallest absolute Gasteiger partial charge is 0.226 e. The maximum Gasteiger partial charge on any atom is 0.226 e. The molecular formula is C21H30N2O3. The lowest BCUT2D eigenvalue weighted by Gasteiger charge is -2.55. The second-order valence-electron chi connectivity index (χ2n) is 8.86. The van der Waals surface area contributed by atoms with Crippen LogP contribution >= 0.6 is 0 Å². The van der Waals surface area contributed by atoms with Crippen LogP contribution in [0.5, 0.6) is 0 Å². The van der Waals surface area contributed by atoms with Gasteiger partial charge in [-0.15, -0.1) is 0 Å². The first-order chi connectivity index (χ1) is 12.5. The Balaban J connectivity index is 1.19. The number of carbonyl (C=O) groups excluding carboxylic acids is 2. The Morgan fingerprint density at radius 2 is 1.85 bits per heavy atom. The van der Waals surface area contributed by atoms with Gasteiger partial charge in [-0.2, -0.15) is 0 Å². The van der Waals surface area contributed by atoms with Crippen molar-refractivity contribution in [3.63, 3.8) is 0 Å². The third-order valence-electron chi connectivity index (χ3n) is 6.73. The van der Waals surface area contributed by atoms with Gasteiger partial charge in [0.2, 0.25) is 11.8 Å². The van der Waals surface area contributed by atoms with E-state index in [1.54, 1.807) is 6.26 Å². The van der Waals surface area contributed by atoms with Gasteiger partial charge in [0, 0.05) is 18.4 Å². The summed E-state index contributed by atoms with van der Waals surface area (Å²) in [5.41, 5.74) is -0.0925. The molecule has 2 N–H and O–H groups in total. The number of hydrogen-bond acceptors (Lipinski definition) is 3. The third kappa shape index (κ3) is 3.53. The minimum absolute atomic E-state index is 0.00189. The van der Waals surface area contributed by atoms with Crippen LogP contribution in [0.25, 0.3) is 0 Å². The molecule has 4 fully saturated rings. The van der Waals surface area contributed by atoms with Crippen molar-refractivity contribution in [3.8, 4) is 0 Å². The fourth-order valence-electron chi connectivity index (χ4n) is 5.95. The number of nitrogens with one attached hydrogen (secondary N) is 2. The van der Waals surface area contributed by atoms with Crippen LogP contribution in [0.2, 0.25) is 0 Å². The predicted molar refractivity (Wildman–Crippen MR) is 98.1 cm³/mol. The maximum absolute atomic E-state index is 12.9. The summed E-state index contributed by atoms with van der Waals surface area (Å²) in [7, 11) is 0. The van der Waals surface area contributed by atoms with Gasteiger partial charge in [0.05, 0.1) is 12.3 Å². The average Bonchev–Trinajstić information content (AvgIpc) is 3.12. The molecule has 0 saturated heterocycles. The van der Waals surface area contributed by atoms with Crippen LogP contribution in [0.3, 0.4) is 0 Å². The Morgan fingerprint density at radius 1 is 1.19 bits per heavy atom. The lowest BCUT2D eigenvalue weighted by molar-refractivity contribution is -0.146. The molecular weight excluding hydrogens is 328 g/mol. The molecule has 1 aromatic heterocycles. The molecule has 5 heteroatoms. The van der Waals surface area contributed by atoms with E-state index >= 15 is 0 Å². The van der Waals surface area contributed by atoms with Crippen molar-refractivity contribution in [2.45, 2.75) is 64.3 Å². The van der Waals surface area contributed by atoms with Crippen LogP contribution in [0.15, 0.2) is 22.8 Å².